The van der Waals surface area contributed by atoms with Crippen LogP contribution in [0, 0.1) is 0 Å². The lowest BCUT2D eigenvalue weighted by Crippen LogP contribution is -2.32. The van der Waals surface area contributed by atoms with Crippen molar-refractivity contribution in [2.75, 3.05) is 14.2 Å². The van der Waals surface area contributed by atoms with Gasteiger partial charge in [0.05, 0.1) is 31.3 Å². The molecule has 1 heterocycles. The standard InChI is InChI=1S/C24H25NO5/c1-15-20(23(26)28-3)22(21(16(2)25-15)24(27)29-4)18-11-8-12-19(13-18)30-14-17-9-6-5-7-10-17/h5-13,22,25H,14H2,1-4H3. The van der Waals surface area contributed by atoms with Gasteiger partial charge in [0.2, 0.25) is 0 Å². The van der Waals surface area contributed by atoms with Crippen LogP contribution in [0.5, 0.6) is 5.75 Å². The zero-order chi connectivity index (χ0) is 21.7. The van der Waals surface area contributed by atoms with E-state index in [1.54, 1.807) is 13.8 Å². The molecule has 0 amide bonds. The maximum absolute atomic E-state index is 12.6. The fraction of sp³-hybridized carbons (Fsp3) is 0.250. The van der Waals surface area contributed by atoms with Crippen molar-refractivity contribution < 1.29 is 23.8 Å². The van der Waals surface area contributed by atoms with Crippen molar-refractivity contribution in [1.82, 2.24) is 5.32 Å². The number of allylic oxidation sites excluding steroid dienone is 2. The van der Waals surface area contributed by atoms with Crippen LogP contribution in [-0.4, -0.2) is 26.2 Å². The highest BCUT2D eigenvalue weighted by Crippen LogP contribution is 2.40. The minimum atomic E-state index is -0.633. The number of nitrogens with one attached hydrogen (secondary N) is 1. The molecule has 0 fully saturated rings. The lowest BCUT2D eigenvalue weighted by atomic mass is 9.80. The molecule has 1 aliphatic rings. The van der Waals surface area contributed by atoms with E-state index in [0.717, 1.165) is 11.1 Å². The monoisotopic (exact) mass is 407 g/mol. The summed E-state index contributed by atoms with van der Waals surface area (Å²) >= 11 is 0. The number of carbonyl (C=O) groups is 2. The number of rotatable bonds is 6. The van der Waals surface area contributed by atoms with Crippen LogP contribution in [0.1, 0.15) is 30.9 Å². The Bertz CT molecular complexity index is 969. The van der Waals surface area contributed by atoms with Gasteiger partial charge in [-0.25, -0.2) is 9.59 Å². The molecular formula is C24H25NO5. The molecule has 6 heteroatoms. The van der Waals surface area contributed by atoms with E-state index in [2.05, 4.69) is 5.32 Å². The van der Waals surface area contributed by atoms with Gasteiger partial charge in [-0.05, 0) is 37.1 Å². The summed E-state index contributed by atoms with van der Waals surface area (Å²) in [7, 11) is 2.64. The molecule has 2 aromatic carbocycles. The Hall–Kier alpha value is -3.54. The molecule has 0 aliphatic carbocycles. The van der Waals surface area contributed by atoms with Crippen molar-refractivity contribution in [2.45, 2.75) is 26.4 Å². The van der Waals surface area contributed by atoms with Crippen molar-refractivity contribution in [3.8, 4) is 5.75 Å². The molecule has 2 aromatic rings. The molecule has 0 spiro atoms. The van der Waals surface area contributed by atoms with Gasteiger partial charge in [-0.1, -0.05) is 42.5 Å². The van der Waals surface area contributed by atoms with Crippen LogP contribution < -0.4 is 10.1 Å². The number of hydrogen-bond acceptors (Lipinski definition) is 6. The summed E-state index contributed by atoms with van der Waals surface area (Å²) in [5.74, 6) is -1.01. The lowest BCUT2D eigenvalue weighted by Gasteiger charge is -2.30. The van der Waals surface area contributed by atoms with Gasteiger partial charge >= 0.3 is 11.9 Å². The zero-order valence-electron chi connectivity index (χ0n) is 17.5. The van der Waals surface area contributed by atoms with Gasteiger partial charge in [0.1, 0.15) is 12.4 Å². The van der Waals surface area contributed by atoms with E-state index in [4.69, 9.17) is 14.2 Å². The fourth-order valence-corrected chi connectivity index (χ4v) is 3.61. The average Bonchev–Trinajstić information content (AvgIpc) is 2.77. The lowest BCUT2D eigenvalue weighted by molar-refractivity contribution is -0.137. The van der Waals surface area contributed by atoms with Crippen LogP contribution in [0.3, 0.4) is 0 Å². The number of dihydropyridines is 1. The average molecular weight is 407 g/mol. The van der Waals surface area contributed by atoms with Crippen LogP contribution in [0.15, 0.2) is 77.1 Å². The molecule has 30 heavy (non-hydrogen) atoms. The van der Waals surface area contributed by atoms with Crippen LogP contribution in [0.2, 0.25) is 0 Å². The molecular weight excluding hydrogens is 382 g/mol. The van der Waals surface area contributed by atoms with Gasteiger partial charge in [-0.2, -0.15) is 0 Å². The number of carbonyl (C=O) groups excluding carboxylic acids is 2. The maximum Gasteiger partial charge on any atom is 0.336 e. The first-order chi connectivity index (χ1) is 14.5. The van der Waals surface area contributed by atoms with Crippen LogP contribution in [-0.2, 0) is 25.7 Å². The van der Waals surface area contributed by atoms with E-state index in [1.807, 2.05) is 54.6 Å². The van der Waals surface area contributed by atoms with Crippen molar-refractivity contribution >= 4 is 11.9 Å². The van der Waals surface area contributed by atoms with Gasteiger partial charge in [0.15, 0.2) is 0 Å². The molecule has 1 aliphatic heterocycles. The molecule has 1 N–H and O–H groups in total. The van der Waals surface area contributed by atoms with Crippen molar-refractivity contribution in [3.05, 3.63) is 88.3 Å². The molecule has 0 radical (unpaired) electrons. The van der Waals surface area contributed by atoms with Crippen molar-refractivity contribution in [3.63, 3.8) is 0 Å². The first-order valence-electron chi connectivity index (χ1n) is 9.58. The number of ether oxygens (including phenoxy) is 3. The minimum Gasteiger partial charge on any atom is -0.489 e. The summed E-state index contributed by atoms with van der Waals surface area (Å²) in [6, 6.07) is 17.2. The summed E-state index contributed by atoms with van der Waals surface area (Å²) in [5, 5.41) is 3.10. The van der Waals surface area contributed by atoms with Gasteiger partial charge in [0.25, 0.3) is 0 Å². The van der Waals surface area contributed by atoms with Gasteiger partial charge in [-0.3, -0.25) is 0 Å². The van der Waals surface area contributed by atoms with E-state index < -0.39 is 17.9 Å². The van der Waals surface area contributed by atoms with E-state index in [0.29, 0.717) is 34.9 Å². The van der Waals surface area contributed by atoms with E-state index in [1.165, 1.54) is 14.2 Å². The quantitative estimate of drug-likeness (QED) is 0.734. The maximum atomic E-state index is 12.6. The Balaban J connectivity index is 2.01. The highest BCUT2D eigenvalue weighted by atomic mass is 16.5. The molecule has 0 unspecified atom stereocenters. The second-order valence-corrected chi connectivity index (χ2v) is 6.97. The van der Waals surface area contributed by atoms with Crippen LogP contribution in [0.4, 0.5) is 0 Å². The topological polar surface area (TPSA) is 73.9 Å². The third-order valence-corrected chi connectivity index (χ3v) is 5.01. The zero-order valence-corrected chi connectivity index (χ0v) is 17.5. The third-order valence-electron chi connectivity index (χ3n) is 5.01. The molecule has 0 saturated heterocycles. The Labute approximate surface area is 176 Å². The summed E-state index contributed by atoms with van der Waals surface area (Å²) in [5.41, 5.74) is 3.77. The number of hydrogen-bond donors (Lipinski definition) is 1. The first-order valence-corrected chi connectivity index (χ1v) is 9.58. The molecule has 0 aromatic heterocycles. The normalized spacial score (nSPS) is 14.3. The van der Waals surface area contributed by atoms with Crippen molar-refractivity contribution in [2.24, 2.45) is 0 Å². The van der Waals surface area contributed by atoms with Crippen LogP contribution >= 0.6 is 0 Å². The Morgan fingerprint density at radius 1 is 0.867 bits per heavy atom. The molecule has 0 bridgehead atoms. The second-order valence-electron chi connectivity index (χ2n) is 6.97. The predicted molar refractivity (Wildman–Crippen MR) is 113 cm³/mol. The first kappa shape index (κ1) is 21.2. The van der Waals surface area contributed by atoms with Crippen LogP contribution in [0.25, 0.3) is 0 Å². The Morgan fingerprint density at radius 3 is 2.03 bits per heavy atom. The molecule has 156 valence electrons. The number of esters is 2. The highest BCUT2D eigenvalue weighted by Gasteiger charge is 2.37. The third kappa shape index (κ3) is 4.38. The highest BCUT2D eigenvalue weighted by molar-refractivity contribution is 5.99. The van der Waals surface area contributed by atoms with Crippen molar-refractivity contribution in [1.29, 1.82) is 0 Å². The Kier molecular flexibility index (Phi) is 6.57. The smallest absolute Gasteiger partial charge is 0.336 e. The SMILES string of the molecule is COC(=O)C1=C(C)NC(C)=C(C(=O)OC)C1c1cccc(OCc2ccccc2)c1. The predicted octanol–water partition coefficient (Wildman–Crippen LogP) is 3.85. The molecule has 0 saturated carbocycles. The minimum absolute atomic E-state index is 0.365. The Morgan fingerprint density at radius 2 is 1.47 bits per heavy atom. The fourth-order valence-electron chi connectivity index (χ4n) is 3.61. The van der Waals surface area contributed by atoms with E-state index in [-0.39, 0.29) is 0 Å². The van der Waals surface area contributed by atoms with Gasteiger partial charge in [-0.15, -0.1) is 0 Å². The summed E-state index contributed by atoms with van der Waals surface area (Å²) in [6.07, 6.45) is 0. The number of benzene rings is 2. The molecule has 0 atom stereocenters. The van der Waals surface area contributed by atoms with Gasteiger partial charge in [0, 0.05) is 11.4 Å². The second kappa shape index (κ2) is 9.31. The van der Waals surface area contributed by atoms with Gasteiger partial charge < -0.3 is 19.5 Å². The largest absolute Gasteiger partial charge is 0.489 e. The molecule has 3 rings (SSSR count). The van der Waals surface area contributed by atoms with E-state index >= 15 is 0 Å². The molecule has 6 nitrogen and oxygen atoms in total. The summed E-state index contributed by atoms with van der Waals surface area (Å²) in [4.78, 5) is 25.2. The number of methoxy groups -OCH3 is 2. The van der Waals surface area contributed by atoms with E-state index in [9.17, 15) is 9.59 Å². The summed E-state index contributed by atoms with van der Waals surface area (Å²) in [6.45, 7) is 3.98. The summed E-state index contributed by atoms with van der Waals surface area (Å²) < 4.78 is 15.9.